The lowest BCUT2D eigenvalue weighted by Crippen LogP contribution is -2.25. The Bertz CT molecular complexity index is 263. The average Bonchev–Trinajstić information content (AvgIpc) is 2.06. The third-order valence-electron chi connectivity index (χ3n) is 1.26. The fourth-order valence-electron chi connectivity index (χ4n) is 0.713. The third kappa shape index (κ3) is 2.21. The molecule has 0 fully saturated rings. The molecule has 0 atom stereocenters. The lowest BCUT2D eigenvalue weighted by atomic mass is 10.3. The van der Waals surface area contributed by atoms with Crippen molar-refractivity contribution >= 4 is 6.09 Å². The molecule has 0 aromatic carbocycles. The van der Waals surface area contributed by atoms with Crippen molar-refractivity contribution in [2.75, 3.05) is 0 Å². The van der Waals surface area contributed by atoms with Gasteiger partial charge in [-0.15, -0.1) is 0 Å². The van der Waals surface area contributed by atoms with Crippen LogP contribution in [0.25, 0.3) is 0 Å². The van der Waals surface area contributed by atoms with E-state index < -0.39 is 6.09 Å². The summed E-state index contributed by atoms with van der Waals surface area (Å²) >= 11 is 0. The minimum Gasteiger partial charge on any atom is -0.463 e. The summed E-state index contributed by atoms with van der Waals surface area (Å²) in [6.45, 7) is -0.115. The van der Waals surface area contributed by atoms with E-state index in [-0.39, 0.29) is 11.6 Å². The maximum absolute atomic E-state index is 10.2. The molecule has 5 nitrogen and oxygen atoms in total. The van der Waals surface area contributed by atoms with Gasteiger partial charge in [-0.25, -0.2) is 4.79 Å². The van der Waals surface area contributed by atoms with E-state index in [0.717, 1.165) is 0 Å². The molecule has 1 aromatic heterocycles. The second kappa shape index (κ2) is 3.68. The van der Waals surface area contributed by atoms with Crippen molar-refractivity contribution < 1.29 is 15.1 Å². The molecular formula is C7H8N2O3. The number of carboxylic acid groups (broad SMARTS) is 1. The van der Waals surface area contributed by atoms with E-state index in [1.54, 1.807) is 18.2 Å². The predicted molar refractivity (Wildman–Crippen MR) is 39.6 cm³/mol. The first-order valence-corrected chi connectivity index (χ1v) is 3.29. The number of hydroxylamine groups is 2. The van der Waals surface area contributed by atoms with Gasteiger partial charge in [0.05, 0.1) is 12.2 Å². The highest BCUT2D eigenvalue weighted by molar-refractivity contribution is 5.63. The van der Waals surface area contributed by atoms with Gasteiger partial charge in [0.15, 0.2) is 0 Å². The smallest absolute Gasteiger partial charge is 0.431 e. The van der Waals surface area contributed by atoms with Crippen LogP contribution in [-0.2, 0) is 6.54 Å². The van der Waals surface area contributed by atoms with E-state index in [0.29, 0.717) is 5.69 Å². The van der Waals surface area contributed by atoms with Gasteiger partial charge in [-0.05, 0) is 12.1 Å². The maximum Gasteiger partial charge on any atom is 0.431 e. The standard InChI is InChI=1S/C7H8N2O3/c10-7(11)9(12)5-6-3-1-2-4-8-6/h1-4,12H,5H2,(H,10,11). The summed E-state index contributed by atoms with van der Waals surface area (Å²) in [5.74, 6) is 0. The van der Waals surface area contributed by atoms with Gasteiger partial charge in [-0.1, -0.05) is 6.07 Å². The molecule has 5 heteroatoms. The Labute approximate surface area is 68.8 Å². The number of hydrogen-bond acceptors (Lipinski definition) is 3. The van der Waals surface area contributed by atoms with Crippen molar-refractivity contribution in [3.05, 3.63) is 30.1 Å². The Hall–Kier alpha value is -1.62. The number of rotatable bonds is 2. The Morgan fingerprint density at radius 3 is 2.83 bits per heavy atom. The molecule has 1 aromatic rings. The van der Waals surface area contributed by atoms with Crippen LogP contribution in [-0.4, -0.2) is 26.5 Å². The molecule has 0 unspecified atom stereocenters. The fourth-order valence-corrected chi connectivity index (χ4v) is 0.713. The van der Waals surface area contributed by atoms with Gasteiger partial charge in [-0.3, -0.25) is 10.2 Å². The first-order chi connectivity index (χ1) is 5.70. The molecule has 1 rings (SSSR count). The largest absolute Gasteiger partial charge is 0.463 e. The number of hydrogen-bond donors (Lipinski definition) is 2. The molecule has 12 heavy (non-hydrogen) atoms. The predicted octanol–water partition coefficient (Wildman–Crippen LogP) is 0.951. The van der Waals surface area contributed by atoms with Crippen LogP contribution in [0, 0.1) is 0 Å². The summed E-state index contributed by atoms with van der Waals surface area (Å²) in [6.07, 6.45) is 0.144. The third-order valence-corrected chi connectivity index (χ3v) is 1.26. The van der Waals surface area contributed by atoms with Gasteiger partial charge < -0.3 is 5.11 Å². The molecule has 0 saturated heterocycles. The van der Waals surface area contributed by atoms with Crippen molar-refractivity contribution in [1.29, 1.82) is 0 Å². The highest BCUT2D eigenvalue weighted by Gasteiger charge is 2.07. The summed E-state index contributed by atoms with van der Waals surface area (Å²) in [5, 5.41) is 17.2. The van der Waals surface area contributed by atoms with Crippen LogP contribution in [0.2, 0.25) is 0 Å². The first kappa shape index (κ1) is 8.48. The van der Waals surface area contributed by atoms with Crippen molar-refractivity contribution in [2.45, 2.75) is 6.54 Å². The molecule has 0 aliphatic carbocycles. The van der Waals surface area contributed by atoms with Crippen molar-refractivity contribution in [3.8, 4) is 0 Å². The lowest BCUT2D eigenvalue weighted by Gasteiger charge is -2.08. The highest BCUT2D eigenvalue weighted by Crippen LogP contribution is 1.97. The first-order valence-electron chi connectivity index (χ1n) is 3.29. The minimum atomic E-state index is -1.39. The monoisotopic (exact) mass is 168 g/mol. The molecule has 1 heterocycles. The lowest BCUT2D eigenvalue weighted by molar-refractivity contribution is -0.0717. The van der Waals surface area contributed by atoms with Gasteiger partial charge in [0, 0.05) is 6.20 Å². The molecule has 64 valence electrons. The van der Waals surface area contributed by atoms with Crippen LogP contribution in [0.4, 0.5) is 4.79 Å². The van der Waals surface area contributed by atoms with Crippen LogP contribution in [0.15, 0.2) is 24.4 Å². The molecule has 2 N–H and O–H groups in total. The van der Waals surface area contributed by atoms with Crippen LogP contribution in [0.1, 0.15) is 5.69 Å². The molecule has 1 amide bonds. The van der Waals surface area contributed by atoms with Gasteiger partial charge in [0.1, 0.15) is 0 Å². The molecule has 0 aliphatic rings. The number of amides is 1. The average molecular weight is 168 g/mol. The molecule has 0 radical (unpaired) electrons. The topological polar surface area (TPSA) is 73.7 Å². The van der Waals surface area contributed by atoms with Crippen molar-refractivity contribution in [3.63, 3.8) is 0 Å². The zero-order chi connectivity index (χ0) is 8.97. The highest BCUT2D eigenvalue weighted by atomic mass is 16.6. The second-order valence-corrected chi connectivity index (χ2v) is 2.16. The summed E-state index contributed by atoms with van der Waals surface area (Å²) in [7, 11) is 0. The van der Waals surface area contributed by atoms with E-state index in [9.17, 15) is 4.79 Å². The molecule has 0 bridgehead atoms. The Balaban J connectivity index is 2.58. The van der Waals surface area contributed by atoms with Crippen molar-refractivity contribution in [2.24, 2.45) is 0 Å². The summed E-state index contributed by atoms with van der Waals surface area (Å²) in [6, 6.07) is 5.07. The van der Waals surface area contributed by atoms with E-state index in [2.05, 4.69) is 4.98 Å². The SMILES string of the molecule is O=C(O)N(O)Cc1ccccn1. The second-order valence-electron chi connectivity index (χ2n) is 2.16. The molecular weight excluding hydrogens is 160 g/mol. The molecule has 0 spiro atoms. The van der Waals surface area contributed by atoms with E-state index in [1.807, 2.05) is 0 Å². The minimum absolute atomic E-state index is 0.115. The van der Waals surface area contributed by atoms with E-state index in [1.165, 1.54) is 6.20 Å². The fraction of sp³-hybridized carbons (Fsp3) is 0.143. The zero-order valence-corrected chi connectivity index (χ0v) is 6.21. The van der Waals surface area contributed by atoms with Crippen LogP contribution in [0.3, 0.4) is 0 Å². The quantitative estimate of drug-likeness (QED) is 0.509. The van der Waals surface area contributed by atoms with Crippen LogP contribution < -0.4 is 0 Å². The number of nitrogens with zero attached hydrogens (tertiary/aromatic N) is 2. The van der Waals surface area contributed by atoms with Gasteiger partial charge in [0.2, 0.25) is 0 Å². The summed E-state index contributed by atoms with van der Waals surface area (Å²) in [5.41, 5.74) is 0.502. The van der Waals surface area contributed by atoms with E-state index in [4.69, 9.17) is 10.3 Å². The number of aromatic nitrogens is 1. The summed E-state index contributed by atoms with van der Waals surface area (Å²) in [4.78, 5) is 14.0. The summed E-state index contributed by atoms with van der Waals surface area (Å²) < 4.78 is 0. The molecule has 0 saturated carbocycles. The zero-order valence-electron chi connectivity index (χ0n) is 6.21. The van der Waals surface area contributed by atoms with Gasteiger partial charge in [-0.2, -0.15) is 5.06 Å². The van der Waals surface area contributed by atoms with Crippen LogP contribution >= 0.6 is 0 Å². The van der Waals surface area contributed by atoms with Crippen molar-refractivity contribution in [1.82, 2.24) is 10.0 Å². The normalized spacial score (nSPS) is 9.42. The number of pyridine rings is 1. The Kier molecular flexibility index (Phi) is 2.60. The maximum atomic E-state index is 10.2. The molecule has 0 aliphatic heterocycles. The van der Waals surface area contributed by atoms with E-state index >= 15 is 0 Å². The Morgan fingerprint density at radius 1 is 1.58 bits per heavy atom. The van der Waals surface area contributed by atoms with Gasteiger partial charge in [0.25, 0.3) is 0 Å². The van der Waals surface area contributed by atoms with Gasteiger partial charge >= 0.3 is 6.09 Å². The Morgan fingerprint density at radius 2 is 2.33 bits per heavy atom. The van der Waals surface area contributed by atoms with Crippen LogP contribution in [0.5, 0.6) is 0 Å². The number of carbonyl (C=O) groups is 1.